The van der Waals surface area contributed by atoms with Crippen LogP contribution in [0, 0.1) is 5.82 Å². The normalized spacial score (nSPS) is 12.0. The van der Waals surface area contributed by atoms with Gasteiger partial charge in [-0.25, -0.2) is 4.39 Å². The van der Waals surface area contributed by atoms with Crippen LogP contribution in [0.4, 0.5) is 4.39 Å². The minimum atomic E-state index is -0.456. The summed E-state index contributed by atoms with van der Waals surface area (Å²) in [5, 5.41) is 0.362. The zero-order valence-electron chi connectivity index (χ0n) is 6.84. The molecule has 1 atom stereocenters. The Balaban J connectivity index is 0.00000144. The highest BCUT2D eigenvalue weighted by Crippen LogP contribution is 2.18. The van der Waals surface area contributed by atoms with Crippen molar-refractivity contribution < 1.29 is 4.39 Å². The smallest absolute Gasteiger partial charge is 0.129 e. The molecule has 0 bridgehead atoms. The fourth-order valence-electron chi connectivity index (χ4n) is 0.929. The van der Waals surface area contributed by atoms with Gasteiger partial charge >= 0.3 is 0 Å². The first kappa shape index (κ1) is 12.7. The first-order chi connectivity index (χ1) is 5.65. The lowest BCUT2D eigenvalue weighted by Gasteiger charge is -2.09. The molecule has 4 N–H and O–H groups in total. The second-order valence-corrected chi connectivity index (χ2v) is 2.94. The zero-order valence-corrected chi connectivity index (χ0v) is 8.41. The van der Waals surface area contributed by atoms with E-state index in [0.717, 1.165) is 0 Å². The van der Waals surface area contributed by atoms with E-state index in [1.165, 1.54) is 6.07 Å². The van der Waals surface area contributed by atoms with Gasteiger partial charge in [0.15, 0.2) is 0 Å². The lowest BCUT2D eigenvalue weighted by molar-refractivity contribution is 0.584. The van der Waals surface area contributed by atoms with E-state index in [2.05, 4.69) is 0 Å². The second kappa shape index (κ2) is 5.40. The molecule has 74 valence electrons. The Kier molecular flexibility index (Phi) is 5.25. The van der Waals surface area contributed by atoms with E-state index in [9.17, 15) is 4.39 Å². The Morgan fingerprint density at radius 3 is 2.54 bits per heavy atom. The number of nitrogens with two attached hydrogens (primary N) is 2. The van der Waals surface area contributed by atoms with Crippen LogP contribution in [0.2, 0.25) is 5.02 Å². The van der Waals surface area contributed by atoms with Crippen molar-refractivity contribution in [2.45, 2.75) is 6.04 Å². The van der Waals surface area contributed by atoms with Crippen LogP contribution in [-0.2, 0) is 0 Å². The van der Waals surface area contributed by atoms with Crippen molar-refractivity contribution in [1.29, 1.82) is 0 Å². The van der Waals surface area contributed by atoms with Gasteiger partial charge < -0.3 is 11.5 Å². The van der Waals surface area contributed by atoms with Crippen LogP contribution in [-0.4, -0.2) is 6.54 Å². The Morgan fingerprint density at radius 2 is 2.08 bits per heavy atom. The fourth-order valence-corrected chi connectivity index (χ4v) is 1.09. The Morgan fingerprint density at radius 1 is 1.46 bits per heavy atom. The van der Waals surface area contributed by atoms with Gasteiger partial charge in [0.1, 0.15) is 5.82 Å². The van der Waals surface area contributed by atoms with Crippen molar-refractivity contribution in [1.82, 2.24) is 0 Å². The molecule has 0 aliphatic rings. The molecule has 0 fully saturated rings. The van der Waals surface area contributed by atoms with Crippen LogP contribution in [0.3, 0.4) is 0 Å². The molecule has 0 aliphatic carbocycles. The van der Waals surface area contributed by atoms with E-state index in [4.69, 9.17) is 23.1 Å². The molecule has 1 aromatic rings. The molecule has 1 aromatic carbocycles. The summed E-state index contributed by atoms with van der Waals surface area (Å²) in [6, 6.07) is 3.92. The van der Waals surface area contributed by atoms with E-state index >= 15 is 0 Å². The number of halogens is 3. The van der Waals surface area contributed by atoms with Crippen LogP contribution in [0.1, 0.15) is 11.6 Å². The minimum absolute atomic E-state index is 0. The van der Waals surface area contributed by atoms with E-state index in [-0.39, 0.29) is 19.0 Å². The summed E-state index contributed by atoms with van der Waals surface area (Å²) in [7, 11) is 0. The quantitative estimate of drug-likeness (QED) is 0.807. The van der Waals surface area contributed by atoms with Crippen LogP contribution < -0.4 is 11.5 Å². The van der Waals surface area contributed by atoms with E-state index in [1.807, 2.05) is 0 Å². The Bertz CT molecular complexity index is 281. The van der Waals surface area contributed by atoms with Crippen LogP contribution in [0.25, 0.3) is 0 Å². The SMILES string of the molecule is Cl.NC[C@H](N)c1ccc(Cl)cc1F. The maximum atomic E-state index is 13.1. The van der Waals surface area contributed by atoms with Gasteiger partial charge in [0, 0.05) is 23.2 Å². The van der Waals surface area contributed by atoms with Crippen molar-refractivity contribution in [3.05, 3.63) is 34.6 Å². The third-order valence-electron chi connectivity index (χ3n) is 1.62. The Labute approximate surface area is 87.5 Å². The summed E-state index contributed by atoms with van der Waals surface area (Å²) in [5.74, 6) is -0.402. The third-order valence-corrected chi connectivity index (χ3v) is 1.85. The van der Waals surface area contributed by atoms with Crippen molar-refractivity contribution in [3.8, 4) is 0 Å². The highest BCUT2D eigenvalue weighted by atomic mass is 35.5. The molecule has 0 saturated carbocycles. The minimum Gasteiger partial charge on any atom is -0.329 e. The van der Waals surface area contributed by atoms with Gasteiger partial charge in [-0.3, -0.25) is 0 Å². The monoisotopic (exact) mass is 224 g/mol. The molecule has 0 saturated heterocycles. The lowest BCUT2D eigenvalue weighted by atomic mass is 10.1. The van der Waals surface area contributed by atoms with E-state index in [1.54, 1.807) is 12.1 Å². The zero-order chi connectivity index (χ0) is 9.14. The van der Waals surface area contributed by atoms with Gasteiger partial charge in [-0.1, -0.05) is 17.7 Å². The molecular weight excluding hydrogens is 214 g/mol. The molecule has 1 rings (SSSR count). The van der Waals surface area contributed by atoms with Crippen LogP contribution in [0.15, 0.2) is 18.2 Å². The average molecular weight is 225 g/mol. The van der Waals surface area contributed by atoms with Gasteiger partial charge in [-0.05, 0) is 12.1 Å². The maximum Gasteiger partial charge on any atom is 0.129 e. The third kappa shape index (κ3) is 3.12. The molecule has 0 unspecified atom stereocenters. The topological polar surface area (TPSA) is 52.0 Å². The second-order valence-electron chi connectivity index (χ2n) is 2.51. The van der Waals surface area contributed by atoms with Crippen molar-refractivity contribution >= 4 is 24.0 Å². The summed E-state index contributed by atoms with van der Waals surface area (Å²) in [6.45, 7) is 0.221. The molecule has 2 nitrogen and oxygen atoms in total. The first-order valence-corrected chi connectivity index (χ1v) is 3.93. The van der Waals surface area contributed by atoms with Crippen LogP contribution in [0.5, 0.6) is 0 Å². The molecule has 0 spiro atoms. The molecular formula is C8H11Cl2FN2. The first-order valence-electron chi connectivity index (χ1n) is 3.55. The van der Waals surface area contributed by atoms with Gasteiger partial charge in [-0.15, -0.1) is 12.4 Å². The van der Waals surface area contributed by atoms with Gasteiger partial charge in [0.25, 0.3) is 0 Å². The summed E-state index contributed by atoms with van der Waals surface area (Å²) in [5.41, 5.74) is 11.2. The summed E-state index contributed by atoms with van der Waals surface area (Å²) in [6.07, 6.45) is 0. The standard InChI is InChI=1S/C8H10ClFN2.ClH/c9-5-1-2-6(7(10)3-5)8(12)4-11;/h1-3,8H,4,11-12H2;1H/t8-;/m0./s1. The molecule has 5 heteroatoms. The van der Waals surface area contributed by atoms with Gasteiger partial charge in [0.2, 0.25) is 0 Å². The summed E-state index contributed by atoms with van der Waals surface area (Å²) >= 11 is 5.55. The Hall–Kier alpha value is -0.350. The van der Waals surface area contributed by atoms with Crippen LogP contribution >= 0.6 is 24.0 Å². The van der Waals surface area contributed by atoms with Gasteiger partial charge in [0.05, 0.1) is 0 Å². The number of hydrogen-bond donors (Lipinski definition) is 2. The maximum absolute atomic E-state index is 13.1. The largest absolute Gasteiger partial charge is 0.329 e. The molecule has 0 heterocycles. The highest BCUT2D eigenvalue weighted by molar-refractivity contribution is 6.30. The van der Waals surface area contributed by atoms with Crippen molar-refractivity contribution in [2.24, 2.45) is 11.5 Å². The van der Waals surface area contributed by atoms with Crippen molar-refractivity contribution in [2.75, 3.05) is 6.54 Å². The van der Waals surface area contributed by atoms with E-state index in [0.29, 0.717) is 10.6 Å². The molecule has 0 aliphatic heterocycles. The van der Waals surface area contributed by atoms with Gasteiger partial charge in [-0.2, -0.15) is 0 Å². The predicted molar refractivity (Wildman–Crippen MR) is 54.6 cm³/mol. The van der Waals surface area contributed by atoms with Crippen molar-refractivity contribution in [3.63, 3.8) is 0 Å². The summed E-state index contributed by atoms with van der Waals surface area (Å²) in [4.78, 5) is 0. The average Bonchev–Trinajstić information content (AvgIpc) is 2.03. The fraction of sp³-hybridized carbons (Fsp3) is 0.250. The number of rotatable bonds is 2. The summed E-state index contributed by atoms with van der Waals surface area (Å²) < 4.78 is 13.1. The van der Waals surface area contributed by atoms with E-state index < -0.39 is 11.9 Å². The highest BCUT2D eigenvalue weighted by Gasteiger charge is 2.09. The molecule has 13 heavy (non-hydrogen) atoms. The predicted octanol–water partition coefficient (Wildman–Crippen LogP) is 1.86. The molecule has 0 amide bonds. The lowest BCUT2D eigenvalue weighted by Crippen LogP contribution is -2.21. The number of benzene rings is 1. The molecule has 0 radical (unpaired) electrons. The number of hydrogen-bond acceptors (Lipinski definition) is 2. The molecule has 0 aromatic heterocycles.